The Labute approximate surface area is 96.4 Å². The van der Waals surface area contributed by atoms with E-state index in [1.54, 1.807) is 0 Å². The molecule has 0 radical (unpaired) electrons. The Kier molecular flexibility index (Phi) is 4.30. The molecule has 1 saturated heterocycles. The first-order valence-electron chi connectivity index (χ1n) is 6.21. The smallest absolute Gasteiger partial charge is 0.0170 e. The lowest BCUT2D eigenvalue weighted by Crippen LogP contribution is -2.37. The molecule has 0 spiro atoms. The number of rotatable bonds is 2. The van der Waals surface area contributed by atoms with Gasteiger partial charge in [0, 0.05) is 11.4 Å². The second-order valence-corrected chi connectivity index (χ2v) is 6.27. The van der Waals surface area contributed by atoms with Crippen LogP contribution in [0.3, 0.4) is 0 Å². The van der Waals surface area contributed by atoms with Crippen molar-refractivity contribution in [2.75, 3.05) is 19.6 Å². The Morgan fingerprint density at radius 3 is 2.21 bits per heavy atom. The van der Waals surface area contributed by atoms with Gasteiger partial charge in [-0.05, 0) is 44.7 Å². The van der Waals surface area contributed by atoms with Crippen LogP contribution in [0.15, 0.2) is 0 Å². The number of hydrogen-bond acceptors (Lipinski definition) is 1. The lowest BCUT2D eigenvalue weighted by Gasteiger charge is -2.33. The van der Waals surface area contributed by atoms with Crippen molar-refractivity contribution >= 4 is 15.9 Å². The van der Waals surface area contributed by atoms with Crippen molar-refractivity contribution in [2.45, 2.75) is 49.8 Å². The van der Waals surface area contributed by atoms with E-state index in [1.807, 2.05) is 0 Å². The zero-order chi connectivity index (χ0) is 9.80. The van der Waals surface area contributed by atoms with Crippen molar-refractivity contribution in [3.05, 3.63) is 0 Å². The van der Waals surface area contributed by atoms with Gasteiger partial charge < -0.3 is 4.90 Å². The lowest BCUT2D eigenvalue weighted by molar-refractivity contribution is 0.177. The van der Waals surface area contributed by atoms with E-state index in [9.17, 15) is 0 Å². The van der Waals surface area contributed by atoms with Crippen LogP contribution < -0.4 is 0 Å². The third-order valence-corrected chi connectivity index (χ3v) is 4.67. The van der Waals surface area contributed by atoms with Crippen molar-refractivity contribution < 1.29 is 0 Å². The van der Waals surface area contributed by atoms with Gasteiger partial charge in [-0.2, -0.15) is 0 Å². The van der Waals surface area contributed by atoms with Crippen LogP contribution in [0, 0.1) is 5.92 Å². The van der Waals surface area contributed by atoms with Crippen LogP contribution in [0.4, 0.5) is 0 Å². The summed E-state index contributed by atoms with van der Waals surface area (Å²) in [4.78, 5) is 3.48. The number of halogens is 1. The van der Waals surface area contributed by atoms with Gasteiger partial charge in [0.15, 0.2) is 0 Å². The minimum Gasteiger partial charge on any atom is -0.303 e. The molecule has 0 bridgehead atoms. The fraction of sp³-hybridized carbons (Fsp3) is 1.00. The Bertz CT molecular complexity index is 158. The highest BCUT2D eigenvalue weighted by molar-refractivity contribution is 9.09. The van der Waals surface area contributed by atoms with Crippen molar-refractivity contribution in [2.24, 2.45) is 5.92 Å². The first-order chi connectivity index (χ1) is 6.84. The molecule has 2 fully saturated rings. The number of alkyl halides is 1. The van der Waals surface area contributed by atoms with E-state index in [-0.39, 0.29) is 0 Å². The number of hydrogen-bond donors (Lipinski definition) is 0. The summed E-state index contributed by atoms with van der Waals surface area (Å²) in [6.07, 6.45) is 10.2. The molecule has 1 heterocycles. The molecule has 1 saturated carbocycles. The molecule has 14 heavy (non-hydrogen) atoms. The second kappa shape index (κ2) is 5.50. The molecule has 1 aliphatic carbocycles. The summed E-state index contributed by atoms with van der Waals surface area (Å²) in [5.74, 6) is 1.02. The average Bonchev–Trinajstić information content (AvgIpc) is 2.23. The Balaban J connectivity index is 1.68. The van der Waals surface area contributed by atoms with Crippen molar-refractivity contribution in [1.82, 2.24) is 4.90 Å². The molecule has 0 amide bonds. The van der Waals surface area contributed by atoms with E-state index in [4.69, 9.17) is 0 Å². The van der Waals surface area contributed by atoms with Crippen molar-refractivity contribution in [1.29, 1.82) is 0 Å². The molecular formula is C12H22BrN. The molecule has 2 heteroatoms. The van der Waals surface area contributed by atoms with Crippen LogP contribution >= 0.6 is 15.9 Å². The summed E-state index contributed by atoms with van der Waals surface area (Å²) < 4.78 is 0. The van der Waals surface area contributed by atoms with Gasteiger partial charge in [0.05, 0.1) is 0 Å². The van der Waals surface area contributed by atoms with Crippen LogP contribution in [0.2, 0.25) is 0 Å². The predicted molar refractivity (Wildman–Crippen MR) is 65.0 cm³/mol. The second-order valence-electron chi connectivity index (χ2n) is 4.98. The Morgan fingerprint density at radius 1 is 0.929 bits per heavy atom. The molecule has 1 nitrogen and oxygen atoms in total. The van der Waals surface area contributed by atoms with Gasteiger partial charge in [0.1, 0.15) is 0 Å². The summed E-state index contributed by atoms with van der Waals surface area (Å²) in [6, 6.07) is 0. The maximum Gasteiger partial charge on any atom is 0.0170 e. The van der Waals surface area contributed by atoms with E-state index in [2.05, 4.69) is 20.8 Å². The van der Waals surface area contributed by atoms with Crippen LogP contribution in [0.25, 0.3) is 0 Å². The number of nitrogens with zero attached hydrogens (tertiary/aromatic N) is 1. The van der Waals surface area contributed by atoms with Crippen LogP contribution in [0.1, 0.15) is 44.9 Å². The monoisotopic (exact) mass is 259 g/mol. The molecule has 0 atom stereocenters. The van der Waals surface area contributed by atoms with E-state index >= 15 is 0 Å². The zero-order valence-corrected chi connectivity index (χ0v) is 10.6. The lowest BCUT2D eigenvalue weighted by atomic mass is 9.88. The number of likely N-dealkylation sites (tertiary alicyclic amines) is 1. The van der Waals surface area contributed by atoms with Gasteiger partial charge in [0.2, 0.25) is 0 Å². The first-order valence-corrected chi connectivity index (χ1v) is 7.12. The molecule has 82 valence electrons. The van der Waals surface area contributed by atoms with Gasteiger partial charge in [-0.15, -0.1) is 0 Å². The Morgan fingerprint density at radius 2 is 1.57 bits per heavy atom. The first kappa shape index (κ1) is 10.9. The van der Waals surface area contributed by atoms with E-state index in [1.165, 1.54) is 64.6 Å². The molecule has 2 rings (SSSR count). The molecule has 0 aromatic carbocycles. The third-order valence-electron chi connectivity index (χ3n) is 3.76. The summed E-state index contributed by atoms with van der Waals surface area (Å²) in [7, 11) is 0. The standard InChI is InChI=1S/C12H22BrN/c13-12-6-8-14(9-7-12)10-11-4-2-1-3-5-11/h11-12H,1-10H2. The molecule has 0 N–H and O–H groups in total. The minimum absolute atomic E-state index is 0.796. The summed E-state index contributed by atoms with van der Waals surface area (Å²) in [6.45, 7) is 4.04. The maximum absolute atomic E-state index is 3.71. The normalized spacial score (nSPS) is 28.1. The molecule has 2 aliphatic rings. The summed E-state index contributed by atoms with van der Waals surface area (Å²) in [5.41, 5.74) is 0. The summed E-state index contributed by atoms with van der Waals surface area (Å²) in [5, 5.41) is 0. The number of piperidine rings is 1. The van der Waals surface area contributed by atoms with E-state index < -0.39 is 0 Å². The third kappa shape index (κ3) is 3.23. The van der Waals surface area contributed by atoms with Gasteiger partial charge in [-0.3, -0.25) is 0 Å². The van der Waals surface area contributed by atoms with E-state index in [0.717, 1.165) is 10.7 Å². The molecule has 0 aromatic rings. The molecular weight excluding hydrogens is 238 g/mol. The maximum atomic E-state index is 3.71. The minimum atomic E-state index is 0.796. The van der Waals surface area contributed by atoms with Gasteiger partial charge >= 0.3 is 0 Å². The van der Waals surface area contributed by atoms with Crippen molar-refractivity contribution in [3.63, 3.8) is 0 Å². The highest BCUT2D eigenvalue weighted by atomic mass is 79.9. The van der Waals surface area contributed by atoms with Gasteiger partial charge in [-0.25, -0.2) is 0 Å². The Hall–Kier alpha value is 0.440. The fourth-order valence-corrected chi connectivity index (χ4v) is 3.23. The van der Waals surface area contributed by atoms with Crippen LogP contribution in [-0.2, 0) is 0 Å². The van der Waals surface area contributed by atoms with Gasteiger partial charge in [0.25, 0.3) is 0 Å². The van der Waals surface area contributed by atoms with Crippen LogP contribution in [0.5, 0.6) is 0 Å². The quantitative estimate of drug-likeness (QED) is 0.687. The average molecular weight is 260 g/mol. The topological polar surface area (TPSA) is 3.24 Å². The van der Waals surface area contributed by atoms with Gasteiger partial charge in [-0.1, -0.05) is 35.2 Å². The zero-order valence-electron chi connectivity index (χ0n) is 9.05. The largest absolute Gasteiger partial charge is 0.303 e. The molecule has 1 aliphatic heterocycles. The summed E-state index contributed by atoms with van der Waals surface area (Å²) >= 11 is 3.71. The van der Waals surface area contributed by atoms with E-state index in [0.29, 0.717) is 0 Å². The van der Waals surface area contributed by atoms with Crippen molar-refractivity contribution in [3.8, 4) is 0 Å². The molecule has 0 aromatic heterocycles. The van der Waals surface area contributed by atoms with Crippen LogP contribution in [-0.4, -0.2) is 29.4 Å². The highest BCUT2D eigenvalue weighted by Crippen LogP contribution is 2.26. The highest BCUT2D eigenvalue weighted by Gasteiger charge is 2.21. The SMILES string of the molecule is BrC1CCN(CC2CCCCC2)CC1. The molecule has 0 unspecified atom stereocenters. The predicted octanol–water partition coefficient (Wildman–Crippen LogP) is 3.43. The fourth-order valence-electron chi connectivity index (χ4n) is 2.82.